The van der Waals surface area contributed by atoms with E-state index in [0.717, 1.165) is 16.5 Å². The molecule has 2 rings (SSSR count). The number of aliphatic hydroxyl groups excluding tert-OH is 2. The van der Waals surface area contributed by atoms with Gasteiger partial charge < -0.3 is 15.2 Å². The first-order valence-electron chi connectivity index (χ1n) is 4.62. The Bertz CT molecular complexity index is 434. The first-order chi connectivity index (χ1) is 6.70. The molecule has 2 aromatic rings. The summed E-state index contributed by atoms with van der Waals surface area (Å²) >= 11 is 0. The van der Waals surface area contributed by atoms with Gasteiger partial charge in [-0.15, -0.1) is 0 Å². The normalized spacial score (nSPS) is 15.6. The molecule has 0 radical (unpaired) electrons. The SMILES string of the molecule is CC(O)C(O)c1c[nH]c2ccccc12. The fourth-order valence-corrected chi connectivity index (χ4v) is 1.60. The minimum absolute atomic E-state index is 0.746. The molecule has 2 atom stereocenters. The van der Waals surface area contributed by atoms with E-state index in [4.69, 9.17) is 0 Å². The minimum Gasteiger partial charge on any atom is -0.390 e. The number of nitrogens with one attached hydrogen (secondary N) is 1. The van der Waals surface area contributed by atoms with Crippen LogP contribution in [0, 0.1) is 0 Å². The third kappa shape index (κ3) is 1.41. The van der Waals surface area contributed by atoms with Crippen molar-refractivity contribution in [2.75, 3.05) is 0 Å². The lowest BCUT2D eigenvalue weighted by Gasteiger charge is -2.12. The molecular weight excluding hydrogens is 178 g/mol. The highest BCUT2D eigenvalue weighted by atomic mass is 16.3. The van der Waals surface area contributed by atoms with E-state index in [1.54, 1.807) is 13.1 Å². The fourth-order valence-electron chi connectivity index (χ4n) is 1.60. The van der Waals surface area contributed by atoms with Crippen molar-refractivity contribution < 1.29 is 10.2 Å². The van der Waals surface area contributed by atoms with Crippen LogP contribution in [-0.4, -0.2) is 21.3 Å². The lowest BCUT2D eigenvalue weighted by atomic mass is 10.0. The molecule has 0 saturated carbocycles. The highest BCUT2D eigenvalue weighted by Gasteiger charge is 2.16. The number of hydrogen-bond acceptors (Lipinski definition) is 2. The second kappa shape index (κ2) is 3.44. The number of rotatable bonds is 2. The van der Waals surface area contributed by atoms with Gasteiger partial charge in [-0.1, -0.05) is 18.2 Å². The maximum atomic E-state index is 9.71. The van der Waals surface area contributed by atoms with Crippen LogP contribution in [0.5, 0.6) is 0 Å². The first kappa shape index (κ1) is 9.24. The van der Waals surface area contributed by atoms with Gasteiger partial charge in [0.05, 0.1) is 6.10 Å². The van der Waals surface area contributed by atoms with Crippen LogP contribution in [0.3, 0.4) is 0 Å². The lowest BCUT2D eigenvalue weighted by molar-refractivity contribution is 0.0314. The zero-order chi connectivity index (χ0) is 10.1. The Labute approximate surface area is 82.0 Å². The Balaban J connectivity index is 2.53. The molecule has 3 nitrogen and oxygen atoms in total. The number of para-hydroxylation sites is 1. The summed E-state index contributed by atoms with van der Waals surface area (Å²) < 4.78 is 0. The largest absolute Gasteiger partial charge is 0.390 e. The van der Waals surface area contributed by atoms with E-state index < -0.39 is 12.2 Å². The van der Waals surface area contributed by atoms with E-state index in [1.165, 1.54) is 0 Å². The highest BCUT2D eigenvalue weighted by molar-refractivity contribution is 5.83. The number of aromatic nitrogens is 1. The van der Waals surface area contributed by atoms with Gasteiger partial charge in [-0.05, 0) is 13.0 Å². The number of aliphatic hydroxyl groups is 2. The fraction of sp³-hybridized carbons (Fsp3) is 0.273. The van der Waals surface area contributed by atoms with Crippen LogP contribution in [0.15, 0.2) is 30.5 Å². The van der Waals surface area contributed by atoms with Crippen molar-refractivity contribution in [2.45, 2.75) is 19.1 Å². The van der Waals surface area contributed by atoms with Crippen molar-refractivity contribution in [2.24, 2.45) is 0 Å². The van der Waals surface area contributed by atoms with E-state index in [0.29, 0.717) is 0 Å². The molecule has 0 aliphatic heterocycles. The van der Waals surface area contributed by atoms with Crippen LogP contribution < -0.4 is 0 Å². The number of H-pyrrole nitrogens is 1. The van der Waals surface area contributed by atoms with Gasteiger partial charge in [0.15, 0.2) is 0 Å². The van der Waals surface area contributed by atoms with Crippen LogP contribution in [0.25, 0.3) is 10.9 Å². The third-order valence-electron chi connectivity index (χ3n) is 2.40. The second-order valence-electron chi connectivity index (χ2n) is 3.48. The average molecular weight is 191 g/mol. The van der Waals surface area contributed by atoms with Crippen molar-refractivity contribution in [3.63, 3.8) is 0 Å². The number of hydrogen-bond donors (Lipinski definition) is 3. The van der Waals surface area contributed by atoms with Crippen LogP contribution in [0.4, 0.5) is 0 Å². The quantitative estimate of drug-likeness (QED) is 0.675. The van der Waals surface area contributed by atoms with E-state index >= 15 is 0 Å². The van der Waals surface area contributed by atoms with E-state index in [9.17, 15) is 10.2 Å². The zero-order valence-corrected chi connectivity index (χ0v) is 7.94. The summed E-state index contributed by atoms with van der Waals surface area (Å²) in [7, 11) is 0. The Kier molecular flexibility index (Phi) is 2.27. The topological polar surface area (TPSA) is 56.2 Å². The van der Waals surface area contributed by atoms with Gasteiger partial charge in [0.1, 0.15) is 6.10 Å². The summed E-state index contributed by atoms with van der Waals surface area (Å²) in [5.74, 6) is 0. The molecule has 0 aliphatic rings. The molecule has 0 amide bonds. The smallest absolute Gasteiger partial charge is 0.107 e. The molecule has 0 bridgehead atoms. The minimum atomic E-state index is -0.828. The molecule has 74 valence electrons. The highest BCUT2D eigenvalue weighted by Crippen LogP contribution is 2.25. The van der Waals surface area contributed by atoms with Crippen LogP contribution >= 0.6 is 0 Å². The molecule has 0 spiro atoms. The van der Waals surface area contributed by atoms with Gasteiger partial charge in [-0.2, -0.15) is 0 Å². The Morgan fingerprint density at radius 2 is 1.93 bits per heavy atom. The van der Waals surface area contributed by atoms with Gasteiger partial charge in [-0.3, -0.25) is 0 Å². The van der Waals surface area contributed by atoms with Gasteiger partial charge >= 0.3 is 0 Å². The van der Waals surface area contributed by atoms with Crippen molar-refractivity contribution in [3.8, 4) is 0 Å². The summed E-state index contributed by atoms with van der Waals surface area (Å²) in [6.45, 7) is 1.58. The molecule has 1 aromatic carbocycles. The predicted octanol–water partition coefficient (Wildman–Crippen LogP) is 1.58. The van der Waals surface area contributed by atoms with E-state index in [-0.39, 0.29) is 0 Å². The number of fused-ring (bicyclic) bond motifs is 1. The molecule has 0 aliphatic carbocycles. The maximum Gasteiger partial charge on any atom is 0.107 e. The van der Waals surface area contributed by atoms with Crippen molar-refractivity contribution >= 4 is 10.9 Å². The van der Waals surface area contributed by atoms with Crippen LogP contribution in [0.1, 0.15) is 18.6 Å². The summed E-state index contributed by atoms with van der Waals surface area (Å²) in [6.07, 6.45) is 0.155. The summed E-state index contributed by atoms with van der Waals surface area (Å²) in [5, 5.41) is 20.0. The Morgan fingerprint density at radius 1 is 1.21 bits per heavy atom. The van der Waals surface area contributed by atoms with Gasteiger partial charge in [0.25, 0.3) is 0 Å². The molecule has 3 heteroatoms. The van der Waals surface area contributed by atoms with Gasteiger partial charge in [0.2, 0.25) is 0 Å². The number of aromatic amines is 1. The van der Waals surface area contributed by atoms with Crippen molar-refractivity contribution in [1.29, 1.82) is 0 Å². The van der Waals surface area contributed by atoms with Crippen LogP contribution in [0.2, 0.25) is 0 Å². The monoisotopic (exact) mass is 191 g/mol. The number of benzene rings is 1. The predicted molar refractivity (Wildman–Crippen MR) is 54.9 cm³/mol. The maximum absolute atomic E-state index is 9.71. The van der Waals surface area contributed by atoms with E-state index in [1.807, 2.05) is 24.3 Å². The summed E-state index contributed by atoms with van der Waals surface area (Å²) in [4.78, 5) is 3.05. The van der Waals surface area contributed by atoms with Gasteiger partial charge in [0, 0.05) is 22.7 Å². The Hall–Kier alpha value is -1.32. The molecule has 0 saturated heterocycles. The molecule has 1 aromatic heterocycles. The third-order valence-corrected chi connectivity index (χ3v) is 2.40. The first-order valence-corrected chi connectivity index (χ1v) is 4.62. The van der Waals surface area contributed by atoms with E-state index in [2.05, 4.69) is 4.98 Å². The molecule has 1 heterocycles. The molecule has 14 heavy (non-hydrogen) atoms. The standard InChI is InChI=1S/C11H13NO2/c1-7(13)11(14)9-6-12-10-5-3-2-4-8(9)10/h2-7,11-14H,1H3. The van der Waals surface area contributed by atoms with Crippen LogP contribution in [-0.2, 0) is 0 Å². The lowest BCUT2D eigenvalue weighted by Crippen LogP contribution is -2.13. The summed E-state index contributed by atoms with van der Waals surface area (Å²) in [5.41, 5.74) is 1.72. The van der Waals surface area contributed by atoms with Gasteiger partial charge in [-0.25, -0.2) is 0 Å². The molecule has 3 N–H and O–H groups in total. The van der Waals surface area contributed by atoms with Crippen molar-refractivity contribution in [3.05, 3.63) is 36.0 Å². The van der Waals surface area contributed by atoms with Crippen molar-refractivity contribution in [1.82, 2.24) is 4.98 Å². The molecule has 2 unspecified atom stereocenters. The second-order valence-corrected chi connectivity index (χ2v) is 3.48. The molecular formula is C11H13NO2. The summed E-state index contributed by atoms with van der Waals surface area (Å²) in [6, 6.07) is 7.70. The molecule has 0 fully saturated rings. The average Bonchev–Trinajstić information content (AvgIpc) is 2.60. The Morgan fingerprint density at radius 3 is 2.64 bits per heavy atom. The zero-order valence-electron chi connectivity index (χ0n) is 7.94.